The average Bonchev–Trinajstić information content (AvgIpc) is 2.61. The van der Waals surface area contributed by atoms with Gasteiger partial charge in [-0.3, -0.25) is 4.98 Å². The Morgan fingerprint density at radius 3 is 2.77 bits per heavy atom. The Bertz CT molecular complexity index is 855. The van der Waals surface area contributed by atoms with E-state index in [1.807, 2.05) is 12.1 Å². The van der Waals surface area contributed by atoms with Crippen LogP contribution in [0.15, 0.2) is 35.2 Å². The van der Waals surface area contributed by atoms with Crippen LogP contribution in [0.1, 0.15) is 19.3 Å². The molecule has 10 heteroatoms. The summed E-state index contributed by atoms with van der Waals surface area (Å²) in [6.07, 6.45) is 8.01. The third-order valence-electron chi connectivity index (χ3n) is 4.40. The van der Waals surface area contributed by atoms with Gasteiger partial charge in [0.1, 0.15) is 5.82 Å². The molecule has 140 valence electrons. The molecule has 3 heterocycles. The van der Waals surface area contributed by atoms with Crippen molar-refractivity contribution in [1.82, 2.24) is 19.7 Å². The van der Waals surface area contributed by atoms with E-state index in [9.17, 15) is 8.42 Å². The topological polar surface area (TPSA) is 114 Å². The van der Waals surface area contributed by atoms with Crippen molar-refractivity contribution >= 4 is 32.0 Å². The maximum atomic E-state index is 10.9. The molecule has 0 atom stereocenters. The van der Waals surface area contributed by atoms with Crippen LogP contribution in [-0.2, 0) is 10.2 Å². The Labute approximate surface area is 161 Å². The number of nitrogens with two attached hydrogens (primary N) is 1. The van der Waals surface area contributed by atoms with Gasteiger partial charge in [-0.05, 0) is 53.2 Å². The molecule has 1 fully saturated rings. The number of aromatic nitrogens is 3. The van der Waals surface area contributed by atoms with E-state index >= 15 is 0 Å². The smallest absolute Gasteiger partial charge is 0.274 e. The Morgan fingerprint density at radius 2 is 2.08 bits per heavy atom. The van der Waals surface area contributed by atoms with Crippen LogP contribution in [0, 0.1) is 5.92 Å². The third-order valence-corrected chi connectivity index (χ3v) is 5.44. The molecule has 1 aliphatic heterocycles. The predicted octanol–water partition coefficient (Wildman–Crippen LogP) is 1.70. The SMILES string of the molecule is NS(=O)(=O)NCCC1CCN(c2ccnc(-c3cncc(Br)c3)n2)CC1. The zero-order valence-electron chi connectivity index (χ0n) is 14.2. The maximum Gasteiger partial charge on any atom is 0.274 e. The largest absolute Gasteiger partial charge is 0.356 e. The van der Waals surface area contributed by atoms with E-state index in [0.29, 0.717) is 18.3 Å². The minimum atomic E-state index is -3.60. The van der Waals surface area contributed by atoms with Gasteiger partial charge >= 0.3 is 0 Å². The van der Waals surface area contributed by atoms with Crippen molar-refractivity contribution in [3.05, 3.63) is 35.2 Å². The first-order chi connectivity index (χ1) is 12.4. The Balaban J connectivity index is 1.59. The van der Waals surface area contributed by atoms with Crippen LogP contribution in [0.2, 0.25) is 0 Å². The summed E-state index contributed by atoms with van der Waals surface area (Å²) in [7, 11) is -3.60. The standard InChI is InChI=1S/C16H21BrN6O2S/c17-14-9-13(10-19-11-14)16-20-5-2-15(22-16)23-7-3-12(4-8-23)1-6-21-26(18,24)25/h2,5,9-12,21H,1,3-4,6-8H2,(H2,18,24,25). The number of hydrogen-bond donors (Lipinski definition) is 2. The molecule has 3 rings (SSSR count). The van der Waals surface area contributed by atoms with Gasteiger partial charge in [-0.1, -0.05) is 0 Å². The molecular weight excluding hydrogens is 420 g/mol. The van der Waals surface area contributed by atoms with E-state index in [0.717, 1.165) is 48.2 Å². The van der Waals surface area contributed by atoms with Crippen LogP contribution in [-0.4, -0.2) is 43.0 Å². The minimum absolute atomic E-state index is 0.386. The van der Waals surface area contributed by atoms with E-state index < -0.39 is 10.2 Å². The number of piperidine rings is 1. The van der Waals surface area contributed by atoms with Crippen molar-refractivity contribution in [2.24, 2.45) is 11.1 Å². The molecule has 3 N–H and O–H groups in total. The van der Waals surface area contributed by atoms with Crippen molar-refractivity contribution in [3.63, 3.8) is 0 Å². The van der Waals surface area contributed by atoms with Crippen molar-refractivity contribution < 1.29 is 8.42 Å². The Kier molecular flexibility index (Phi) is 6.17. The van der Waals surface area contributed by atoms with E-state index in [-0.39, 0.29) is 0 Å². The number of halogens is 1. The van der Waals surface area contributed by atoms with Gasteiger partial charge in [-0.15, -0.1) is 0 Å². The molecule has 0 aromatic carbocycles. The average molecular weight is 441 g/mol. The molecule has 8 nitrogen and oxygen atoms in total. The van der Waals surface area contributed by atoms with Crippen molar-refractivity contribution in [1.29, 1.82) is 0 Å². The zero-order chi connectivity index (χ0) is 18.6. The molecular formula is C16H21BrN6O2S. The molecule has 0 unspecified atom stereocenters. The molecule has 1 aliphatic rings. The fourth-order valence-corrected chi connectivity index (χ4v) is 3.82. The highest BCUT2D eigenvalue weighted by atomic mass is 79.9. The summed E-state index contributed by atoms with van der Waals surface area (Å²) in [4.78, 5) is 15.4. The Morgan fingerprint density at radius 1 is 1.31 bits per heavy atom. The summed E-state index contributed by atoms with van der Waals surface area (Å²) in [6, 6.07) is 3.86. The van der Waals surface area contributed by atoms with Crippen LogP contribution < -0.4 is 14.8 Å². The number of nitrogens with one attached hydrogen (secondary N) is 1. The van der Waals surface area contributed by atoms with Gasteiger partial charge in [-0.2, -0.15) is 8.42 Å². The van der Waals surface area contributed by atoms with Gasteiger partial charge in [0, 0.05) is 48.3 Å². The first kappa shape index (κ1) is 19.2. The summed E-state index contributed by atoms with van der Waals surface area (Å²) >= 11 is 3.41. The fraction of sp³-hybridized carbons (Fsp3) is 0.438. The molecule has 0 radical (unpaired) electrons. The van der Waals surface area contributed by atoms with Crippen molar-refractivity contribution in [2.45, 2.75) is 19.3 Å². The second-order valence-electron chi connectivity index (χ2n) is 6.29. The van der Waals surface area contributed by atoms with Crippen LogP contribution in [0.4, 0.5) is 5.82 Å². The number of nitrogens with zero attached hydrogens (tertiary/aromatic N) is 4. The molecule has 0 bridgehead atoms. The van der Waals surface area contributed by atoms with Gasteiger partial charge in [0.05, 0.1) is 0 Å². The second kappa shape index (κ2) is 8.38. The van der Waals surface area contributed by atoms with Gasteiger partial charge in [0.25, 0.3) is 10.2 Å². The highest BCUT2D eigenvalue weighted by Gasteiger charge is 2.20. The number of anilines is 1. The first-order valence-electron chi connectivity index (χ1n) is 8.37. The summed E-state index contributed by atoms with van der Waals surface area (Å²) < 4.78 is 25.1. The second-order valence-corrected chi connectivity index (χ2v) is 8.58. The van der Waals surface area contributed by atoms with Gasteiger partial charge in [0.15, 0.2) is 5.82 Å². The van der Waals surface area contributed by atoms with Crippen LogP contribution >= 0.6 is 15.9 Å². The lowest BCUT2D eigenvalue weighted by Gasteiger charge is -2.32. The molecule has 1 saturated heterocycles. The highest BCUT2D eigenvalue weighted by molar-refractivity contribution is 9.10. The molecule has 2 aromatic rings. The maximum absolute atomic E-state index is 10.9. The van der Waals surface area contributed by atoms with E-state index in [1.54, 1.807) is 18.6 Å². The molecule has 0 spiro atoms. The molecule has 2 aromatic heterocycles. The van der Waals surface area contributed by atoms with Gasteiger partial charge in [-0.25, -0.2) is 19.8 Å². The van der Waals surface area contributed by atoms with Crippen molar-refractivity contribution in [3.8, 4) is 11.4 Å². The molecule has 0 amide bonds. The predicted molar refractivity (Wildman–Crippen MR) is 104 cm³/mol. The molecule has 0 saturated carbocycles. The van der Waals surface area contributed by atoms with E-state index in [1.165, 1.54) is 0 Å². The van der Waals surface area contributed by atoms with Crippen molar-refractivity contribution in [2.75, 3.05) is 24.5 Å². The lowest BCUT2D eigenvalue weighted by Crippen LogP contribution is -2.37. The summed E-state index contributed by atoms with van der Waals surface area (Å²) in [5, 5.41) is 4.95. The van der Waals surface area contributed by atoms with Gasteiger partial charge < -0.3 is 4.90 Å². The van der Waals surface area contributed by atoms with Gasteiger partial charge in [0.2, 0.25) is 0 Å². The number of pyridine rings is 1. The van der Waals surface area contributed by atoms with Crippen LogP contribution in [0.25, 0.3) is 11.4 Å². The number of rotatable bonds is 6. The minimum Gasteiger partial charge on any atom is -0.356 e. The third kappa shape index (κ3) is 5.44. The Hall–Kier alpha value is -1.62. The van der Waals surface area contributed by atoms with Crippen LogP contribution in [0.5, 0.6) is 0 Å². The highest BCUT2D eigenvalue weighted by Crippen LogP contribution is 2.25. The first-order valence-corrected chi connectivity index (χ1v) is 10.7. The molecule has 0 aliphatic carbocycles. The lowest BCUT2D eigenvalue weighted by molar-refractivity contribution is 0.380. The molecule has 26 heavy (non-hydrogen) atoms. The van der Waals surface area contributed by atoms with E-state index in [2.05, 4.69) is 40.5 Å². The monoisotopic (exact) mass is 440 g/mol. The fourth-order valence-electron chi connectivity index (χ4n) is 3.05. The normalized spacial score (nSPS) is 16.0. The van der Waals surface area contributed by atoms with E-state index in [4.69, 9.17) is 5.14 Å². The number of hydrogen-bond acceptors (Lipinski definition) is 6. The summed E-state index contributed by atoms with van der Waals surface area (Å²) in [5.41, 5.74) is 0.866. The summed E-state index contributed by atoms with van der Waals surface area (Å²) in [6.45, 7) is 2.15. The zero-order valence-corrected chi connectivity index (χ0v) is 16.6. The quantitative estimate of drug-likeness (QED) is 0.706. The lowest BCUT2D eigenvalue weighted by atomic mass is 9.94. The van der Waals surface area contributed by atoms with Crippen LogP contribution in [0.3, 0.4) is 0 Å². The summed E-state index contributed by atoms with van der Waals surface area (Å²) in [5.74, 6) is 2.03.